The van der Waals surface area contributed by atoms with E-state index in [9.17, 15) is 0 Å². The summed E-state index contributed by atoms with van der Waals surface area (Å²) in [7, 11) is 0. The van der Waals surface area contributed by atoms with Gasteiger partial charge in [-0.3, -0.25) is 4.98 Å². The Kier molecular flexibility index (Phi) is 2.71. The van der Waals surface area contributed by atoms with Crippen LogP contribution in [0.2, 0.25) is 0 Å². The second-order valence-corrected chi connectivity index (χ2v) is 4.61. The van der Waals surface area contributed by atoms with Gasteiger partial charge in [0.05, 0.1) is 11.1 Å². The molecular weight excluding hydrogens is 230 g/mol. The molecule has 3 aromatic rings. The van der Waals surface area contributed by atoms with Gasteiger partial charge in [-0.25, -0.2) is 0 Å². The van der Waals surface area contributed by atoms with Gasteiger partial charge in [-0.15, -0.1) is 5.10 Å². The average molecular weight is 239 g/mol. The SMILES string of the molecule is c1ccc(Sc2cnnc3cccnc23)cc1. The summed E-state index contributed by atoms with van der Waals surface area (Å²) < 4.78 is 0. The van der Waals surface area contributed by atoms with E-state index in [4.69, 9.17) is 0 Å². The van der Waals surface area contributed by atoms with E-state index in [1.165, 1.54) is 4.90 Å². The van der Waals surface area contributed by atoms with Crippen molar-refractivity contribution in [3.05, 3.63) is 54.9 Å². The molecule has 0 N–H and O–H groups in total. The molecule has 2 heterocycles. The molecule has 0 amide bonds. The van der Waals surface area contributed by atoms with Crippen LogP contribution in [0, 0.1) is 0 Å². The summed E-state index contributed by atoms with van der Waals surface area (Å²) in [6.45, 7) is 0. The Morgan fingerprint density at radius 2 is 1.82 bits per heavy atom. The van der Waals surface area contributed by atoms with Crippen molar-refractivity contribution in [2.24, 2.45) is 0 Å². The third-order valence-electron chi connectivity index (χ3n) is 2.33. The number of fused-ring (bicyclic) bond motifs is 1. The van der Waals surface area contributed by atoms with E-state index in [0.29, 0.717) is 0 Å². The molecule has 2 aromatic heterocycles. The zero-order valence-corrected chi connectivity index (χ0v) is 9.76. The highest BCUT2D eigenvalue weighted by molar-refractivity contribution is 7.99. The molecule has 0 saturated heterocycles. The third kappa shape index (κ3) is 2.12. The lowest BCUT2D eigenvalue weighted by Gasteiger charge is -2.03. The fraction of sp³-hybridized carbons (Fsp3) is 0. The van der Waals surface area contributed by atoms with Crippen molar-refractivity contribution >= 4 is 22.8 Å². The highest BCUT2D eigenvalue weighted by atomic mass is 32.2. The molecule has 17 heavy (non-hydrogen) atoms. The second-order valence-electron chi connectivity index (χ2n) is 3.50. The van der Waals surface area contributed by atoms with Crippen molar-refractivity contribution < 1.29 is 0 Å². The summed E-state index contributed by atoms with van der Waals surface area (Å²) in [4.78, 5) is 6.56. The highest BCUT2D eigenvalue weighted by Crippen LogP contribution is 2.30. The second kappa shape index (κ2) is 4.51. The van der Waals surface area contributed by atoms with Gasteiger partial charge in [0.25, 0.3) is 0 Å². The van der Waals surface area contributed by atoms with Crippen LogP contribution in [0.15, 0.2) is 64.6 Å². The molecule has 0 radical (unpaired) electrons. The number of pyridine rings is 1. The maximum Gasteiger partial charge on any atom is 0.113 e. The van der Waals surface area contributed by atoms with Gasteiger partial charge in [0.15, 0.2) is 0 Å². The van der Waals surface area contributed by atoms with E-state index in [1.54, 1.807) is 24.2 Å². The molecule has 0 unspecified atom stereocenters. The maximum absolute atomic E-state index is 4.35. The van der Waals surface area contributed by atoms with E-state index >= 15 is 0 Å². The zero-order valence-electron chi connectivity index (χ0n) is 8.95. The van der Waals surface area contributed by atoms with E-state index in [2.05, 4.69) is 27.3 Å². The van der Waals surface area contributed by atoms with Gasteiger partial charge >= 0.3 is 0 Å². The molecule has 3 rings (SSSR count). The van der Waals surface area contributed by atoms with Crippen molar-refractivity contribution in [1.82, 2.24) is 15.2 Å². The van der Waals surface area contributed by atoms with Crippen molar-refractivity contribution in [3.8, 4) is 0 Å². The van der Waals surface area contributed by atoms with Gasteiger partial charge in [0.1, 0.15) is 11.0 Å². The lowest BCUT2D eigenvalue weighted by atomic mass is 10.3. The summed E-state index contributed by atoms with van der Waals surface area (Å²) >= 11 is 1.65. The molecule has 0 aliphatic heterocycles. The number of nitrogens with zero attached hydrogens (tertiary/aromatic N) is 3. The van der Waals surface area contributed by atoms with Crippen LogP contribution in [-0.2, 0) is 0 Å². The number of rotatable bonds is 2. The monoisotopic (exact) mass is 239 g/mol. The minimum Gasteiger partial charge on any atom is -0.253 e. The van der Waals surface area contributed by atoms with Crippen molar-refractivity contribution in [1.29, 1.82) is 0 Å². The summed E-state index contributed by atoms with van der Waals surface area (Å²) in [5.74, 6) is 0. The normalized spacial score (nSPS) is 10.6. The first-order valence-electron chi connectivity index (χ1n) is 5.23. The fourth-order valence-corrected chi connectivity index (χ4v) is 2.46. The van der Waals surface area contributed by atoms with Crippen LogP contribution in [0.5, 0.6) is 0 Å². The molecule has 1 aromatic carbocycles. The standard InChI is InChI=1S/C13H9N3S/c1-2-5-10(6-3-1)17-12-9-15-16-11-7-4-8-14-13(11)12/h1-9H. The lowest BCUT2D eigenvalue weighted by Crippen LogP contribution is -1.88. The third-order valence-corrected chi connectivity index (χ3v) is 3.36. The molecule has 0 aliphatic carbocycles. The fourth-order valence-electron chi connectivity index (χ4n) is 1.56. The zero-order chi connectivity index (χ0) is 11.5. The Labute approximate surface area is 103 Å². The Morgan fingerprint density at radius 3 is 2.71 bits per heavy atom. The van der Waals surface area contributed by atoms with Crippen LogP contribution in [-0.4, -0.2) is 15.2 Å². The maximum atomic E-state index is 4.35. The Balaban J connectivity index is 2.06. The largest absolute Gasteiger partial charge is 0.253 e. The molecule has 4 heteroatoms. The topological polar surface area (TPSA) is 38.7 Å². The van der Waals surface area contributed by atoms with E-state index in [-0.39, 0.29) is 0 Å². The van der Waals surface area contributed by atoms with Crippen LogP contribution in [0.1, 0.15) is 0 Å². The van der Waals surface area contributed by atoms with Crippen LogP contribution in [0.25, 0.3) is 11.0 Å². The number of hydrogen-bond acceptors (Lipinski definition) is 4. The lowest BCUT2D eigenvalue weighted by molar-refractivity contribution is 1.04. The number of aromatic nitrogens is 3. The number of benzene rings is 1. The number of hydrogen-bond donors (Lipinski definition) is 0. The van der Waals surface area contributed by atoms with Gasteiger partial charge in [-0.1, -0.05) is 30.0 Å². The quantitative estimate of drug-likeness (QED) is 0.688. The smallest absolute Gasteiger partial charge is 0.113 e. The molecule has 0 saturated carbocycles. The minimum atomic E-state index is 0.827. The molecule has 0 bridgehead atoms. The van der Waals surface area contributed by atoms with Gasteiger partial charge in [-0.2, -0.15) is 5.10 Å². The van der Waals surface area contributed by atoms with Crippen molar-refractivity contribution in [2.75, 3.05) is 0 Å². The molecule has 0 atom stereocenters. The van der Waals surface area contributed by atoms with Crippen LogP contribution in [0.3, 0.4) is 0 Å². The minimum absolute atomic E-state index is 0.827. The Bertz CT molecular complexity index is 635. The predicted octanol–water partition coefficient (Wildman–Crippen LogP) is 3.18. The van der Waals surface area contributed by atoms with E-state index in [1.807, 2.05) is 30.3 Å². The average Bonchev–Trinajstić information content (AvgIpc) is 2.40. The summed E-state index contributed by atoms with van der Waals surface area (Å²) in [5.41, 5.74) is 1.73. The van der Waals surface area contributed by atoms with Gasteiger partial charge in [-0.05, 0) is 24.3 Å². The molecule has 3 nitrogen and oxygen atoms in total. The summed E-state index contributed by atoms with van der Waals surface area (Å²) in [6, 6.07) is 14.0. The Hall–Kier alpha value is -1.94. The summed E-state index contributed by atoms with van der Waals surface area (Å²) in [6.07, 6.45) is 3.53. The van der Waals surface area contributed by atoms with E-state index < -0.39 is 0 Å². The van der Waals surface area contributed by atoms with Crippen LogP contribution < -0.4 is 0 Å². The van der Waals surface area contributed by atoms with Crippen molar-refractivity contribution in [2.45, 2.75) is 9.79 Å². The van der Waals surface area contributed by atoms with Crippen LogP contribution >= 0.6 is 11.8 Å². The van der Waals surface area contributed by atoms with Crippen molar-refractivity contribution in [3.63, 3.8) is 0 Å². The molecule has 0 aliphatic rings. The summed E-state index contributed by atoms with van der Waals surface area (Å²) in [5, 5.41) is 8.06. The van der Waals surface area contributed by atoms with Crippen LogP contribution in [0.4, 0.5) is 0 Å². The first-order chi connectivity index (χ1) is 8.43. The highest BCUT2D eigenvalue weighted by Gasteiger charge is 2.05. The Morgan fingerprint density at radius 1 is 0.941 bits per heavy atom. The molecular formula is C13H9N3S. The van der Waals surface area contributed by atoms with Gasteiger partial charge < -0.3 is 0 Å². The molecule has 0 fully saturated rings. The molecule has 82 valence electrons. The van der Waals surface area contributed by atoms with Gasteiger partial charge in [0, 0.05) is 11.1 Å². The first kappa shape index (κ1) is 10.2. The first-order valence-corrected chi connectivity index (χ1v) is 6.04. The van der Waals surface area contributed by atoms with E-state index in [0.717, 1.165) is 15.9 Å². The molecule has 0 spiro atoms. The van der Waals surface area contributed by atoms with Gasteiger partial charge in [0.2, 0.25) is 0 Å². The predicted molar refractivity (Wildman–Crippen MR) is 67.9 cm³/mol.